The van der Waals surface area contributed by atoms with Crippen molar-refractivity contribution in [3.63, 3.8) is 0 Å². The summed E-state index contributed by atoms with van der Waals surface area (Å²) in [5.74, 6) is 0. The average Bonchev–Trinajstić information content (AvgIpc) is 1.96. The molecule has 0 radical (unpaired) electrons. The van der Waals surface area contributed by atoms with Gasteiger partial charge in [-0.2, -0.15) is 36.4 Å². The van der Waals surface area contributed by atoms with E-state index in [9.17, 15) is 0 Å². The Morgan fingerprint density at radius 1 is 1.00 bits per heavy atom. The third-order valence-electron chi connectivity index (χ3n) is 0.607. The largest absolute Gasteiger partial charge is 2.00 e. The Bertz CT molecular complexity index is 85.5. The van der Waals surface area contributed by atoms with E-state index in [1.807, 2.05) is 30.3 Å². The predicted molar refractivity (Wildman–Crippen MR) is 45.1 cm³/mol. The molecule has 0 aliphatic heterocycles. The maximum Gasteiger partial charge on any atom is 2.00 e. The van der Waals surface area contributed by atoms with E-state index in [1.54, 1.807) is 0 Å². The monoisotopic (exact) mass is 251 g/mol. The molecule has 0 aromatic heterocycles. The molecule has 0 fully saturated rings. The molecule has 52 valence electrons. The second kappa shape index (κ2) is 16.1. The van der Waals surface area contributed by atoms with Gasteiger partial charge in [0.1, 0.15) is 0 Å². The van der Waals surface area contributed by atoms with Gasteiger partial charge in [-0.3, -0.25) is 7.05 Å². The molecule has 1 aromatic rings. The third-order valence-corrected chi connectivity index (χ3v) is 0.607. The van der Waals surface area contributed by atoms with Gasteiger partial charge in [-0.1, -0.05) is 0 Å². The molecule has 0 amide bonds. The summed E-state index contributed by atoms with van der Waals surface area (Å²) in [5, 5.41) is 0. The Morgan fingerprint density at radius 3 is 1.50 bits per heavy atom. The van der Waals surface area contributed by atoms with Crippen molar-refractivity contribution in [1.82, 2.24) is 0 Å². The summed E-state index contributed by atoms with van der Waals surface area (Å²) in [6.45, 7) is 0. The van der Waals surface area contributed by atoms with Gasteiger partial charge in [-0.15, -0.1) is 17.0 Å². The molecule has 0 saturated heterocycles. The van der Waals surface area contributed by atoms with E-state index in [1.165, 1.54) is 0 Å². The molecule has 10 heavy (non-hydrogen) atoms. The maximum absolute atomic E-state index is 4.25. The van der Waals surface area contributed by atoms with E-state index in [0.717, 1.165) is 0 Å². The zero-order valence-electron chi connectivity index (χ0n) is 5.79. The van der Waals surface area contributed by atoms with Gasteiger partial charge in [-0.05, 0) is 0 Å². The van der Waals surface area contributed by atoms with Crippen molar-refractivity contribution in [2.45, 2.75) is 0 Å². The predicted octanol–water partition coefficient (Wildman–Crippen LogP) is 1.80. The summed E-state index contributed by atoms with van der Waals surface area (Å²) in [6.07, 6.45) is 0. The van der Waals surface area contributed by atoms with Crippen LogP contribution in [-0.2, 0) is 19.5 Å². The van der Waals surface area contributed by atoms with Crippen LogP contribution < -0.4 is 5.73 Å². The van der Waals surface area contributed by atoms with Crippen LogP contribution in [0.4, 0.5) is 0 Å². The zero-order valence-corrected chi connectivity index (χ0v) is 10.5. The molecule has 0 unspecified atom stereocenters. The van der Waals surface area contributed by atoms with Gasteiger partial charge in [0.2, 0.25) is 0 Å². The van der Waals surface area contributed by atoms with Crippen molar-refractivity contribution in [2.24, 2.45) is 5.73 Å². The molecule has 0 aliphatic rings. The molecule has 1 aromatic carbocycles. The van der Waals surface area contributed by atoms with E-state index in [2.05, 4.69) is 18.8 Å². The van der Waals surface area contributed by atoms with Crippen molar-refractivity contribution in [1.29, 1.82) is 0 Å². The van der Waals surface area contributed by atoms with Gasteiger partial charge in [0, 0.05) is 0 Å². The Labute approximate surface area is 85.5 Å². The Balaban J connectivity index is -0.000000114. The van der Waals surface area contributed by atoms with E-state index in [-0.39, 0.29) is 36.5 Å². The number of rotatable bonds is 0. The van der Waals surface area contributed by atoms with Crippen LogP contribution in [0.1, 0.15) is 0 Å². The first-order chi connectivity index (χ1) is 4.00. The first-order valence-corrected chi connectivity index (χ1v) is 2.32. The molecule has 3 heteroatoms. The molecule has 0 aliphatic carbocycles. The van der Waals surface area contributed by atoms with Gasteiger partial charge in [0.15, 0.2) is 0 Å². The Morgan fingerprint density at radius 2 is 1.40 bits per heavy atom. The molecule has 1 rings (SSSR count). The van der Waals surface area contributed by atoms with Crippen LogP contribution in [0.3, 0.4) is 0 Å². The fourth-order valence-corrected chi connectivity index (χ4v) is 0.342. The first kappa shape index (κ1) is 16.7. The van der Waals surface area contributed by atoms with Gasteiger partial charge in [0.25, 0.3) is 0 Å². The smallest absolute Gasteiger partial charge is 0.486 e. The van der Waals surface area contributed by atoms with Crippen LogP contribution in [0.25, 0.3) is 0 Å². The number of halogens is 1. The topological polar surface area (TPSA) is 26.0 Å². The summed E-state index contributed by atoms with van der Waals surface area (Å²) in [7, 11) is 2.75. The summed E-state index contributed by atoms with van der Waals surface area (Å²) in [6, 6.07) is 12.5. The Hall–Kier alpha value is 0.283. The van der Waals surface area contributed by atoms with Gasteiger partial charge in [-0.25, -0.2) is 0 Å². The molecule has 0 atom stereocenters. The van der Waals surface area contributed by atoms with Crippen molar-refractivity contribution < 1.29 is 19.5 Å². The van der Waals surface area contributed by atoms with E-state index >= 15 is 0 Å². The first-order valence-electron chi connectivity index (χ1n) is 2.32. The molecule has 0 bridgehead atoms. The molecular weight excluding hydrogens is 243 g/mol. The minimum absolute atomic E-state index is 0. The standard InChI is InChI=1S/C6H5.CH4N.BrH.Zn/c1-2-4-6-5-3-1;1-2;;/h1-5H;1-2H2;1H;/q2*-1;;+2. The summed E-state index contributed by atoms with van der Waals surface area (Å²) >= 11 is 0. The van der Waals surface area contributed by atoms with Crippen molar-refractivity contribution >= 4 is 17.0 Å². The molecule has 1 nitrogen and oxygen atoms in total. The van der Waals surface area contributed by atoms with Crippen molar-refractivity contribution in [3.05, 3.63) is 43.4 Å². The summed E-state index contributed by atoms with van der Waals surface area (Å²) in [5.41, 5.74) is 4.25. The van der Waals surface area contributed by atoms with E-state index < -0.39 is 0 Å². The van der Waals surface area contributed by atoms with Crippen LogP contribution >= 0.6 is 17.0 Å². The zero-order chi connectivity index (χ0) is 6.24. The van der Waals surface area contributed by atoms with Crippen LogP contribution in [0.15, 0.2) is 30.3 Å². The molecular formula is C7H10BrNZn. The van der Waals surface area contributed by atoms with Crippen molar-refractivity contribution in [3.8, 4) is 0 Å². The fourth-order valence-electron chi connectivity index (χ4n) is 0.342. The quantitative estimate of drug-likeness (QED) is 0.554. The average molecular weight is 253 g/mol. The second-order valence-electron chi connectivity index (χ2n) is 1.08. The van der Waals surface area contributed by atoms with Crippen molar-refractivity contribution in [2.75, 3.05) is 0 Å². The molecule has 0 spiro atoms. The molecule has 0 saturated carbocycles. The third kappa shape index (κ3) is 11.1. The summed E-state index contributed by atoms with van der Waals surface area (Å²) < 4.78 is 0. The van der Waals surface area contributed by atoms with Gasteiger partial charge in [0.05, 0.1) is 0 Å². The minimum atomic E-state index is 0. The normalized spacial score (nSPS) is 5.40. The number of nitrogens with two attached hydrogens (primary N) is 1. The van der Waals surface area contributed by atoms with Gasteiger partial charge >= 0.3 is 19.5 Å². The summed E-state index contributed by atoms with van der Waals surface area (Å²) in [4.78, 5) is 0. The number of hydrogen-bond donors (Lipinski definition) is 1. The number of benzene rings is 1. The Kier molecular flexibility index (Phi) is 27.0. The second-order valence-corrected chi connectivity index (χ2v) is 1.08. The van der Waals surface area contributed by atoms with Crippen LogP contribution in [0, 0.1) is 13.1 Å². The van der Waals surface area contributed by atoms with Crippen LogP contribution in [0.5, 0.6) is 0 Å². The van der Waals surface area contributed by atoms with Crippen LogP contribution in [-0.4, -0.2) is 0 Å². The number of hydrogen-bond acceptors (Lipinski definition) is 1. The van der Waals surface area contributed by atoms with Gasteiger partial charge < -0.3 is 5.73 Å². The molecule has 0 heterocycles. The van der Waals surface area contributed by atoms with E-state index in [0.29, 0.717) is 0 Å². The minimum Gasteiger partial charge on any atom is -0.486 e. The van der Waals surface area contributed by atoms with Crippen LogP contribution in [0.2, 0.25) is 0 Å². The molecule has 2 N–H and O–H groups in total. The maximum atomic E-state index is 4.25. The SMILES string of the molecule is Br.[CH2-]N.[Zn+2].[c-]1ccccc1. The van der Waals surface area contributed by atoms with E-state index in [4.69, 9.17) is 0 Å². The fraction of sp³-hybridized carbons (Fsp3) is 0.